The lowest BCUT2D eigenvalue weighted by Gasteiger charge is -2.29. The zero-order valence-corrected chi connectivity index (χ0v) is 23.0. The number of carbonyl (C=O) groups is 3. The van der Waals surface area contributed by atoms with Crippen LogP contribution in [0.3, 0.4) is 0 Å². The summed E-state index contributed by atoms with van der Waals surface area (Å²) < 4.78 is 110. The molecule has 242 valence electrons. The number of fused-ring (bicyclic) bond motifs is 1. The van der Waals surface area contributed by atoms with Gasteiger partial charge in [-0.1, -0.05) is 42.5 Å². The van der Waals surface area contributed by atoms with Crippen molar-refractivity contribution < 1.29 is 59.4 Å². The van der Waals surface area contributed by atoms with Crippen molar-refractivity contribution in [1.82, 2.24) is 10.6 Å². The highest BCUT2D eigenvalue weighted by Gasteiger charge is 2.58. The molecule has 1 aliphatic rings. The molecule has 0 spiro atoms. The third-order valence-corrected chi connectivity index (χ3v) is 6.50. The standard InChI is InChI=1S/C27H28F8N4O5/c1-24(43,22(41)36-15-25(28,29)27(33,34)35)23(42)37-18-13-38(16-26(30,31)32)19-9-5-6-10-20(19)39(21(18)40)11-12-44-14-17-7-3-2-4-8-17/h2-10,18,43H,11-16H2,1H3,(H,36,41)(H,37,42)/t18-,24?/m1/s1. The van der Waals surface area contributed by atoms with Gasteiger partial charge in [0.2, 0.25) is 5.60 Å². The molecule has 1 aliphatic heterocycles. The second kappa shape index (κ2) is 13.3. The number of aliphatic hydroxyl groups is 1. The minimum absolute atomic E-state index is 0.0284. The first-order valence-corrected chi connectivity index (χ1v) is 12.9. The van der Waals surface area contributed by atoms with Gasteiger partial charge in [-0.25, -0.2) is 0 Å². The van der Waals surface area contributed by atoms with Gasteiger partial charge in [0.05, 0.1) is 31.1 Å². The minimum atomic E-state index is -6.05. The first-order valence-electron chi connectivity index (χ1n) is 12.9. The van der Waals surface area contributed by atoms with Crippen LogP contribution < -0.4 is 20.4 Å². The summed E-state index contributed by atoms with van der Waals surface area (Å²) in [6.07, 6.45) is -10.8. The maximum atomic E-state index is 13.6. The lowest BCUT2D eigenvalue weighted by Crippen LogP contribution is -2.62. The fourth-order valence-electron chi connectivity index (χ4n) is 4.15. The van der Waals surface area contributed by atoms with Crippen molar-refractivity contribution in [3.05, 3.63) is 60.2 Å². The molecule has 0 aliphatic carbocycles. The third-order valence-electron chi connectivity index (χ3n) is 6.50. The van der Waals surface area contributed by atoms with Crippen LogP contribution in [0, 0.1) is 0 Å². The Hall–Kier alpha value is -3.99. The summed E-state index contributed by atoms with van der Waals surface area (Å²) in [6, 6.07) is 12.6. The monoisotopic (exact) mass is 640 g/mol. The smallest absolute Gasteiger partial charge is 0.375 e. The van der Waals surface area contributed by atoms with Crippen LogP contribution in [0.5, 0.6) is 0 Å². The number of halogens is 8. The van der Waals surface area contributed by atoms with E-state index in [9.17, 15) is 54.6 Å². The van der Waals surface area contributed by atoms with Crippen molar-refractivity contribution in [3.63, 3.8) is 0 Å². The summed E-state index contributed by atoms with van der Waals surface area (Å²) in [6.45, 7) is -4.43. The number of amides is 3. The molecular formula is C27H28F8N4O5. The van der Waals surface area contributed by atoms with E-state index in [1.54, 1.807) is 30.3 Å². The molecule has 0 fully saturated rings. The Morgan fingerprint density at radius 3 is 2.11 bits per heavy atom. The summed E-state index contributed by atoms with van der Waals surface area (Å²) >= 11 is 0. The maximum absolute atomic E-state index is 13.6. The topological polar surface area (TPSA) is 111 Å². The van der Waals surface area contributed by atoms with Crippen LogP contribution in [0.15, 0.2) is 54.6 Å². The zero-order chi connectivity index (χ0) is 32.9. The molecule has 3 amide bonds. The van der Waals surface area contributed by atoms with Crippen molar-refractivity contribution in [1.29, 1.82) is 0 Å². The van der Waals surface area contributed by atoms with E-state index >= 15 is 0 Å². The van der Waals surface area contributed by atoms with Crippen LogP contribution in [-0.2, 0) is 25.7 Å². The number of anilines is 2. The van der Waals surface area contributed by atoms with Gasteiger partial charge in [-0.05, 0) is 24.6 Å². The van der Waals surface area contributed by atoms with Crippen LogP contribution in [0.2, 0.25) is 0 Å². The number of para-hydroxylation sites is 2. The summed E-state index contributed by atoms with van der Waals surface area (Å²) in [5, 5.41) is 13.5. The second-order valence-electron chi connectivity index (χ2n) is 10.00. The Labute approximate surface area is 245 Å². The molecule has 0 saturated carbocycles. The number of alkyl halides is 8. The lowest BCUT2D eigenvalue weighted by molar-refractivity contribution is -0.278. The van der Waals surface area contributed by atoms with Gasteiger partial charge in [-0.15, -0.1) is 0 Å². The molecule has 3 N–H and O–H groups in total. The SMILES string of the molecule is CC(O)(C(=O)NCC(F)(F)C(F)(F)F)C(=O)N[C@@H]1CN(CC(F)(F)F)c2ccccc2N(CCOCc2ccccc2)C1=O. The van der Waals surface area contributed by atoms with E-state index in [1.165, 1.54) is 24.3 Å². The molecule has 17 heteroatoms. The quantitative estimate of drug-likeness (QED) is 0.198. The lowest BCUT2D eigenvalue weighted by atomic mass is 10.0. The average molecular weight is 641 g/mol. The maximum Gasteiger partial charge on any atom is 0.455 e. The predicted molar refractivity (Wildman–Crippen MR) is 140 cm³/mol. The molecule has 1 heterocycles. The molecular weight excluding hydrogens is 612 g/mol. The van der Waals surface area contributed by atoms with Gasteiger partial charge in [0, 0.05) is 13.1 Å². The van der Waals surface area contributed by atoms with Gasteiger partial charge in [-0.2, -0.15) is 35.1 Å². The van der Waals surface area contributed by atoms with Crippen molar-refractivity contribution in [2.45, 2.75) is 43.4 Å². The van der Waals surface area contributed by atoms with E-state index in [0.717, 1.165) is 20.7 Å². The summed E-state index contributed by atoms with van der Waals surface area (Å²) in [7, 11) is 0. The Morgan fingerprint density at radius 1 is 0.932 bits per heavy atom. The van der Waals surface area contributed by atoms with Crippen molar-refractivity contribution in [2.24, 2.45) is 0 Å². The normalized spacial score (nSPS) is 17.4. The number of carbonyl (C=O) groups excluding carboxylic acids is 3. The van der Waals surface area contributed by atoms with Gasteiger partial charge in [0.15, 0.2) is 0 Å². The van der Waals surface area contributed by atoms with Crippen molar-refractivity contribution in [3.8, 4) is 0 Å². The molecule has 2 aromatic rings. The van der Waals surface area contributed by atoms with Crippen LogP contribution in [0.4, 0.5) is 46.5 Å². The molecule has 0 saturated heterocycles. The molecule has 3 rings (SSSR count). The number of benzene rings is 2. The first-order chi connectivity index (χ1) is 20.3. The highest BCUT2D eigenvalue weighted by Crippen LogP contribution is 2.36. The fourth-order valence-corrected chi connectivity index (χ4v) is 4.15. The Balaban J connectivity index is 1.84. The predicted octanol–water partition coefficient (Wildman–Crippen LogP) is 3.17. The van der Waals surface area contributed by atoms with E-state index in [2.05, 4.69) is 0 Å². The van der Waals surface area contributed by atoms with E-state index in [-0.39, 0.29) is 31.1 Å². The fraction of sp³-hybridized carbons (Fsp3) is 0.444. The number of nitrogens with one attached hydrogen (secondary N) is 2. The molecule has 0 aromatic heterocycles. The van der Waals surface area contributed by atoms with Gasteiger partial charge < -0.3 is 30.3 Å². The largest absolute Gasteiger partial charge is 0.455 e. The number of ether oxygens (including phenoxy) is 1. The Bertz CT molecular complexity index is 1320. The first kappa shape index (κ1) is 34.5. The minimum Gasteiger partial charge on any atom is -0.375 e. The molecule has 0 bridgehead atoms. The Morgan fingerprint density at radius 2 is 1.52 bits per heavy atom. The van der Waals surface area contributed by atoms with E-state index in [0.29, 0.717) is 6.92 Å². The second-order valence-corrected chi connectivity index (χ2v) is 10.00. The summed E-state index contributed by atoms with van der Waals surface area (Å²) in [5.41, 5.74) is -2.53. The number of nitrogens with zero attached hydrogens (tertiary/aromatic N) is 2. The summed E-state index contributed by atoms with van der Waals surface area (Å²) in [4.78, 5) is 40.5. The van der Waals surface area contributed by atoms with Gasteiger partial charge in [-0.3, -0.25) is 14.4 Å². The molecule has 2 atom stereocenters. The number of hydrogen-bond acceptors (Lipinski definition) is 6. The van der Waals surface area contributed by atoms with Gasteiger partial charge >= 0.3 is 18.3 Å². The van der Waals surface area contributed by atoms with E-state index < -0.39 is 67.3 Å². The number of rotatable bonds is 11. The Kier molecular flexibility index (Phi) is 10.5. The molecule has 44 heavy (non-hydrogen) atoms. The third kappa shape index (κ3) is 8.56. The van der Waals surface area contributed by atoms with Gasteiger partial charge in [0.1, 0.15) is 12.6 Å². The van der Waals surface area contributed by atoms with Crippen molar-refractivity contribution >= 4 is 29.1 Å². The van der Waals surface area contributed by atoms with E-state index in [4.69, 9.17) is 4.74 Å². The van der Waals surface area contributed by atoms with Crippen LogP contribution in [0.1, 0.15) is 12.5 Å². The van der Waals surface area contributed by atoms with Crippen LogP contribution in [-0.4, -0.2) is 85.5 Å². The van der Waals surface area contributed by atoms with Gasteiger partial charge in [0.25, 0.3) is 17.7 Å². The highest BCUT2D eigenvalue weighted by molar-refractivity contribution is 6.10. The van der Waals surface area contributed by atoms with Crippen LogP contribution in [0.25, 0.3) is 0 Å². The average Bonchev–Trinajstić information content (AvgIpc) is 3.03. The summed E-state index contributed by atoms with van der Waals surface area (Å²) in [5.74, 6) is -10.1. The molecule has 2 aromatic carbocycles. The molecule has 1 unspecified atom stereocenters. The van der Waals surface area contributed by atoms with E-state index in [1.807, 2.05) is 5.32 Å². The molecule has 0 radical (unpaired) electrons. The zero-order valence-electron chi connectivity index (χ0n) is 23.0. The highest BCUT2D eigenvalue weighted by atomic mass is 19.4. The number of hydrogen-bond donors (Lipinski definition) is 3. The van der Waals surface area contributed by atoms with Crippen LogP contribution >= 0.6 is 0 Å². The van der Waals surface area contributed by atoms with Crippen molar-refractivity contribution in [2.75, 3.05) is 42.6 Å². The molecule has 9 nitrogen and oxygen atoms in total.